The van der Waals surface area contributed by atoms with Crippen LogP contribution in [0.5, 0.6) is 11.5 Å². The van der Waals surface area contributed by atoms with Crippen molar-refractivity contribution in [2.45, 2.75) is 5.16 Å². The van der Waals surface area contributed by atoms with E-state index in [0.717, 1.165) is 0 Å². The maximum Gasteiger partial charge on any atom is 0.213 e. The third-order valence-electron chi connectivity index (χ3n) is 2.36. The molecule has 2 aromatic rings. The average molecular weight is 255 g/mol. The van der Waals surface area contributed by atoms with E-state index < -0.39 is 15.3 Å². The largest absolute Gasteiger partial charge is 0.742 e. The Bertz CT molecular complexity index is 648. The van der Waals surface area contributed by atoms with Crippen molar-refractivity contribution >= 4 is 21.2 Å². The summed E-state index contributed by atoms with van der Waals surface area (Å²) in [5.41, 5.74) is 0.771. The van der Waals surface area contributed by atoms with Crippen molar-refractivity contribution in [3.8, 4) is 11.5 Å². The molecule has 0 spiro atoms. The molecule has 1 N–H and O–H groups in total. The molecule has 1 aromatic heterocycles. The topological polar surface area (TPSA) is 104 Å². The van der Waals surface area contributed by atoms with Crippen LogP contribution in [0.25, 0.3) is 11.0 Å². The number of benzene rings is 1. The lowest BCUT2D eigenvalue weighted by molar-refractivity contribution is 0.172. The number of H-pyrrole nitrogens is 1. The summed E-state index contributed by atoms with van der Waals surface area (Å²) in [6.07, 6.45) is 0. The molecule has 3 rings (SSSR count). The quantitative estimate of drug-likeness (QED) is 0.732. The molecule has 0 bridgehead atoms. The van der Waals surface area contributed by atoms with Crippen LogP contribution in [0.15, 0.2) is 17.3 Å². The third kappa shape index (κ3) is 1.71. The molecule has 0 atom stereocenters. The van der Waals surface area contributed by atoms with Crippen molar-refractivity contribution in [3.63, 3.8) is 0 Å². The molecular weight excluding hydrogens is 248 g/mol. The number of ether oxygens (including phenoxy) is 2. The second kappa shape index (κ2) is 3.34. The van der Waals surface area contributed by atoms with E-state index in [1.165, 1.54) is 6.07 Å². The molecule has 0 saturated carbocycles. The zero-order chi connectivity index (χ0) is 12.0. The number of aromatic nitrogens is 2. The van der Waals surface area contributed by atoms with Gasteiger partial charge >= 0.3 is 0 Å². The number of hydrogen-bond donors (Lipinski definition) is 1. The summed E-state index contributed by atoms with van der Waals surface area (Å²) in [6, 6.07) is 3.10. The van der Waals surface area contributed by atoms with Crippen molar-refractivity contribution in [2.24, 2.45) is 0 Å². The van der Waals surface area contributed by atoms with Gasteiger partial charge in [0.1, 0.15) is 13.2 Å². The molecule has 17 heavy (non-hydrogen) atoms. The number of hydrogen-bond acceptors (Lipinski definition) is 6. The van der Waals surface area contributed by atoms with Gasteiger partial charge in [-0.15, -0.1) is 0 Å². The van der Waals surface area contributed by atoms with Gasteiger partial charge in [0.05, 0.1) is 11.0 Å². The van der Waals surface area contributed by atoms with E-state index in [2.05, 4.69) is 9.97 Å². The van der Waals surface area contributed by atoms with Crippen molar-refractivity contribution in [3.05, 3.63) is 12.1 Å². The minimum atomic E-state index is -4.59. The first-order valence-corrected chi connectivity index (χ1v) is 6.20. The van der Waals surface area contributed by atoms with Gasteiger partial charge in [0.15, 0.2) is 21.6 Å². The lowest BCUT2D eigenvalue weighted by atomic mass is 10.2. The summed E-state index contributed by atoms with van der Waals surface area (Å²) in [7, 11) is -4.59. The summed E-state index contributed by atoms with van der Waals surface area (Å²) < 4.78 is 43.1. The molecule has 1 aliphatic heterocycles. The van der Waals surface area contributed by atoms with Crippen molar-refractivity contribution in [1.29, 1.82) is 0 Å². The summed E-state index contributed by atoms with van der Waals surface area (Å²) in [5.74, 6) is 0.993. The Morgan fingerprint density at radius 1 is 1.24 bits per heavy atom. The Hall–Kier alpha value is -1.80. The summed E-state index contributed by atoms with van der Waals surface area (Å²) in [6.45, 7) is 0.856. The number of nitrogens with zero attached hydrogens (tertiary/aromatic N) is 1. The van der Waals surface area contributed by atoms with Crippen LogP contribution in [0.4, 0.5) is 0 Å². The first-order chi connectivity index (χ1) is 8.04. The van der Waals surface area contributed by atoms with E-state index in [9.17, 15) is 13.0 Å². The van der Waals surface area contributed by atoms with Crippen molar-refractivity contribution in [2.75, 3.05) is 13.2 Å². The molecule has 0 unspecified atom stereocenters. The Balaban J connectivity index is 2.23. The first-order valence-electron chi connectivity index (χ1n) is 4.79. The molecule has 1 aromatic carbocycles. The predicted molar refractivity (Wildman–Crippen MR) is 55.0 cm³/mol. The molecule has 0 amide bonds. The van der Waals surface area contributed by atoms with E-state index in [0.29, 0.717) is 35.7 Å². The van der Waals surface area contributed by atoms with Crippen LogP contribution < -0.4 is 9.47 Å². The number of fused-ring (bicyclic) bond motifs is 2. The van der Waals surface area contributed by atoms with Crippen LogP contribution in [0.1, 0.15) is 0 Å². The van der Waals surface area contributed by atoms with Crippen LogP contribution in [0, 0.1) is 0 Å². The molecule has 2 heterocycles. The lowest BCUT2D eigenvalue weighted by Gasteiger charge is -2.17. The molecule has 7 nitrogen and oxygen atoms in total. The van der Waals surface area contributed by atoms with E-state index in [-0.39, 0.29) is 0 Å². The minimum absolute atomic E-state index is 0.351. The van der Waals surface area contributed by atoms with E-state index in [4.69, 9.17) is 9.47 Å². The van der Waals surface area contributed by atoms with Crippen LogP contribution in [0.2, 0.25) is 0 Å². The molecule has 0 saturated heterocycles. The fourth-order valence-corrected chi connectivity index (χ4v) is 2.09. The van der Waals surface area contributed by atoms with E-state index in [1.54, 1.807) is 6.07 Å². The fourth-order valence-electron chi connectivity index (χ4n) is 1.64. The van der Waals surface area contributed by atoms with Gasteiger partial charge in [-0.05, 0) is 0 Å². The van der Waals surface area contributed by atoms with Crippen molar-refractivity contribution in [1.82, 2.24) is 9.97 Å². The Morgan fingerprint density at radius 2 is 1.88 bits per heavy atom. The molecule has 90 valence electrons. The highest BCUT2D eigenvalue weighted by Crippen LogP contribution is 2.33. The Morgan fingerprint density at radius 3 is 2.53 bits per heavy atom. The van der Waals surface area contributed by atoms with Gasteiger partial charge in [-0.1, -0.05) is 0 Å². The summed E-state index contributed by atoms with van der Waals surface area (Å²) in [5, 5.41) is -0.602. The van der Waals surface area contributed by atoms with Gasteiger partial charge in [0.2, 0.25) is 5.16 Å². The third-order valence-corrected chi connectivity index (χ3v) is 3.03. The van der Waals surface area contributed by atoms with Gasteiger partial charge < -0.3 is 19.0 Å². The molecular formula is C9H7N2O5S-. The smallest absolute Gasteiger partial charge is 0.213 e. The highest BCUT2D eigenvalue weighted by molar-refractivity contribution is 7.85. The maximum atomic E-state index is 10.8. The monoisotopic (exact) mass is 255 g/mol. The number of aromatic amines is 1. The molecule has 0 radical (unpaired) electrons. The zero-order valence-electron chi connectivity index (χ0n) is 8.47. The van der Waals surface area contributed by atoms with Crippen LogP contribution >= 0.6 is 0 Å². The second-order valence-electron chi connectivity index (χ2n) is 3.51. The maximum absolute atomic E-state index is 10.8. The van der Waals surface area contributed by atoms with Gasteiger partial charge in [0.25, 0.3) is 0 Å². The van der Waals surface area contributed by atoms with Crippen molar-refractivity contribution < 1.29 is 22.4 Å². The zero-order valence-corrected chi connectivity index (χ0v) is 9.28. The molecule has 8 heteroatoms. The molecule has 0 fully saturated rings. The fraction of sp³-hybridized carbons (Fsp3) is 0.222. The average Bonchev–Trinajstić information content (AvgIpc) is 2.68. The summed E-state index contributed by atoms with van der Waals surface area (Å²) >= 11 is 0. The van der Waals surface area contributed by atoms with Crippen LogP contribution in [-0.2, 0) is 10.1 Å². The van der Waals surface area contributed by atoms with Gasteiger partial charge in [-0.25, -0.2) is 13.4 Å². The standard InChI is InChI=1S/C9H8N2O5S/c12-17(13,14)9-10-5-3-7-8(4-6(5)11-9)16-2-1-15-7/h3-4H,1-2H2,(H,10,11)(H,12,13,14)/p-1. The minimum Gasteiger partial charge on any atom is -0.742 e. The Kier molecular flexibility index (Phi) is 2.04. The van der Waals surface area contributed by atoms with Gasteiger partial charge in [0, 0.05) is 12.1 Å². The molecule has 1 aliphatic rings. The van der Waals surface area contributed by atoms with Crippen LogP contribution in [0.3, 0.4) is 0 Å². The normalized spacial score (nSPS) is 15.1. The SMILES string of the molecule is O=S(=O)([O-])c1nc2cc3c(cc2[nH]1)OCCO3. The highest BCUT2D eigenvalue weighted by atomic mass is 32.2. The number of nitrogens with one attached hydrogen (secondary N) is 1. The number of rotatable bonds is 1. The second-order valence-corrected chi connectivity index (χ2v) is 4.80. The summed E-state index contributed by atoms with van der Waals surface area (Å²) in [4.78, 5) is 6.14. The van der Waals surface area contributed by atoms with E-state index in [1.807, 2.05) is 0 Å². The Labute approximate surface area is 96.1 Å². The van der Waals surface area contributed by atoms with Crippen LogP contribution in [-0.4, -0.2) is 36.2 Å². The lowest BCUT2D eigenvalue weighted by Crippen LogP contribution is -2.15. The van der Waals surface area contributed by atoms with Gasteiger partial charge in [-0.2, -0.15) is 0 Å². The molecule has 0 aliphatic carbocycles. The predicted octanol–water partition coefficient (Wildman–Crippen LogP) is 0.238. The first kappa shape index (κ1) is 10.4. The van der Waals surface area contributed by atoms with Gasteiger partial charge in [-0.3, -0.25) is 0 Å². The highest BCUT2D eigenvalue weighted by Gasteiger charge is 2.16. The number of imidazole rings is 1. The van der Waals surface area contributed by atoms with E-state index >= 15 is 0 Å².